The molecule has 2 atom stereocenters. The number of amides is 2. The Bertz CT molecular complexity index is 522. The maximum Gasteiger partial charge on any atom is 0.315 e. The molecule has 0 bridgehead atoms. The summed E-state index contributed by atoms with van der Waals surface area (Å²) in [6, 6.07) is 2.50. The van der Waals surface area contributed by atoms with Crippen LogP contribution in [0.15, 0.2) is 18.3 Å². The highest BCUT2D eigenvalue weighted by molar-refractivity contribution is 5.77. The predicted octanol–water partition coefficient (Wildman–Crippen LogP) is -0.0110. The molecule has 3 N–H and O–H groups in total. The number of carboxylic acid groups (broad SMARTS) is 1. The van der Waals surface area contributed by atoms with E-state index in [1.165, 1.54) is 7.11 Å². The molecule has 2 rings (SSSR count). The van der Waals surface area contributed by atoms with E-state index in [0.29, 0.717) is 5.88 Å². The van der Waals surface area contributed by atoms with Crippen LogP contribution in [0.5, 0.6) is 5.88 Å². The number of nitrogens with zero attached hydrogens (tertiary/aromatic N) is 1. The average Bonchev–Trinajstić information content (AvgIpc) is 2.93. The molecular formula is C13H17N3O5. The Hall–Kier alpha value is -2.35. The minimum Gasteiger partial charge on any atom is -0.481 e. The van der Waals surface area contributed by atoms with Gasteiger partial charge < -0.3 is 25.2 Å². The summed E-state index contributed by atoms with van der Waals surface area (Å²) in [6.45, 7) is 0.603. The monoisotopic (exact) mass is 295 g/mol. The van der Waals surface area contributed by atoms with E-state index in [1.807, 2.05) is 0 Å². The second kappa shape index (κ2) is 6.89. The van der Waals surface area contributed by atoms with Gasteiger partial charge in [0.25, 0.3) is 0 Å². The summed E-state index contributed by atoms with van der Waals surface area (Å²) in [5.41, 5.74) is 0.828. The maximum atomic E-state index is 11.8. The van der Waals surface area contributed by atoms with Gasteiger partial charge in [-0.3, -0.25) is 4.79 Å². The SMILES string of the molecule is COc1cc(CNC(=O)NC2COCC2C(=O)O)ccn1. The molecule has 0 aliphatic carbocycles. The number of nitrogens with one attached hydrogen (secondary N) is 2. The summed E-state index contributed by atoms with van der Waals surface area (Å²) in [6.07, 6.45) is 1.58. The van der Waals surface area contributed by atoms with Gasteiger partial charge in [-0.05, 0) is 11.6 Å². The van der Waals surface area contributed by atoms with E-state index < -0.39 is 24.0 Å². The van der Waals surface area contributed by atoms with E-state index >= 15 is 0 Å². The molecule has 21 heavy (non-hydrogen) atoms. The molecule has 1 saturated heterocycles. The number of pyridine rings is 1. The number of carboxylic acids is 1. The number of urea groups is 1. The normalized spacial score (nSPS) is 20.8. The molecule has 0 aromatic carbocycles. The summed E-state index contributed by atoms with van der Waals surface area (Å²) in [5, 5.41) is 14.3. The largest absolute Gasteiger partial charge is 0.481 e. The number of hydrogen-bond donors (Lipinski definition) is 3. The first-order chi connectivity index (χ1) is 10.1. The van der Waals surface area contributed by atoms with E-state index in [4.69, 9.17) is 14.6 Å². The van der Waals surface area contributed by atoms with E-state index in [-0.39, 0.29) is 19.8 Å². The zero-order valence-corrected chi connectivity index (χ0v) is 11.5. The number of methoxy groups -OCH3 is 1. The Labute approximate surface area is 121 Å². The topological polar surface area (TPSA) is 110 Å². The van der Waals surface area contributed by atoms with Crippen LogP contribution in [0.25, 0.3) is 0 Å². The number of carbonyl (C=O) groups excluding carboxylic acids is 1. The van der Waals surface area contributed by atoms with Crippen molar-refractivity contribution >= 4 is 12.0 Å². The van der Waals surface area contributed by atoms with Crippen LogP contribution in [0.2, 0.25) is 0 Å². The lowest BCUT2D eigenvalue weighted by molar-refractivity contribution is -0.142. The van der Waals surface area contributed by atoms with Gasteiger partial charge in [-0.1, -0.05) is 0 Å². The predicted molar refractivity (Wildman–Crippen MR) is 71.9 cm³/mol. The third kappa shape index (κ3) is 4.06. The molecule has 8 nitrogen and oxygen atoms in total. The van der Waals surface area contributed by atoms with Gasteiger partial charge in [-0.2, -0.15) is 0 Å². The summed E-state index contributed by atoms with van der Waals surface area (Å²) in [5.74, 6) is -1.22. The minimum absolute atomic E-state index is 0.113. The van der Waals surface area contributed by atoms with Crippen LogP contribution < -0.4 is 15.4 Å². The van der Waals surface area contributed by atoms with Crippen molar-refractivity contribution in [2.24, 2.45) is 5.92 Å². The number of rotatable bonds is 5. The standard InChI is InChI=1S/C13H17N3O5/c1-20-11-4-8(2-3-14-11)5-15-13(19)16-10-7-21-6-9(10)12(17)18/h2-4,9-10H,5-7H2,1H3,(H,17,18)(H2,15,16,19). The maximum absolute atomic E-state index is 11.8. The third-order valence-electron chi connectivity index (χ3n) is 3.18. The molecule has 1 aliphatic rings. The van der Waals surface area contributed by atoms with Crippen molar-refractivity contribution in [2.45, 2.75) is 12.6 Å². The van der Waals surface area contributed by atoms with Gasteiger partial charge in [0, 0.05) is 18.8 Å². The Balaban J connectivity index is 1.83. The lowest BCUT2D eigenvalue weighted by Gasteiger charge is -2.16. The van der Waals surface area contributed by atoms with E-state index in [2.05, 4.69) is 15.6 Å². The Kier molecular flexibility index (Phi) is 4.94. The fourth-order valence-electron chi connectivity index (χ4n) is 2.01. The minimum atomic E-state index is -0.975. The van der Waals surface area contributed by atoms with Crippen LogP contribution in [0.3, 0.4) is 0 Å². The molecular weight excluding hydrogens is 278 g/mol. The van der Waals surface area contributed by atoms with Crippen molar-refractivity contribution in [2.75, 3.05) is 20.3 Å². The highest BCUT2D eigenvalue weighted by atomic mass is 16.5. The Morgan fingerprint density at radius 3 is 3.05 bits per heavy atom. The highest BCUT2D eigenvalue weighted by Crippen LogP contribution is 2.13. The number of hydrogen-bond acceptors (Lipinski definition) is 5. The van der Waals surface area contributed by atoms with Crippen molar-refractivity contribution in [3.8, 4) is 5.88 Å². The molecule has 1 aromatic heterocycles. The lowest BCUT2D eigenvalue weighted by Crippen LogP contribution is -2.47. The van der Waals surface area contributed by atoms with E-state index in [0.717, 1.165) is 5.56 Å². The first kappa shape index (κ1) is 15.0. The van der Waals surface area contributed by atoms with Gasteiger partial charge in [0.15, 0.2) is 0 Å². The molecule has 1 aliphatic heterocycles. The summed E-state index contributed by atoms with van der Waals surface area (Å²) >= 11 is 0. The number of aromatic nitrogens is 1. The second-order valence-electron chi connectivity index (χ2n) is 4.62. The second-order valence-corrected chi connectivity index (χ2v) is 4.62. The average molecular weight is 295 g/mol. The van der Waals surface area contributed by atoms with Crippen molar-refractivity contribution in [1.82, 2.24) is 15.6 Å². The van der Waals surface area contributed by atoms with Crippen molar-refractivity contribution in [3.05, 3.63) is 23.9 Å². The molecule has 8 heteroatoms. The molecule has 0 radical (unpaired) electrons. The zero-order chi connectivity index (χ0) is 15.2. The van der Waals surface area contributed by atoms with Crippen LogP contribution in [-0.4, -0.2) is 48.5 Å². The molecule has 2 amide bonds. The van der Waals surface area contributed by atoms with Gasteiger partial charge in [0.05, 0.1) is 26.4 Å². The highest BCUT2D eigenvalue weighted by Gasteiger charge is 2.34. The lowest BCUT2D eigenvalue weighted by atomic mass is 10.0. The first-order valence-corrected chi connectivity index (χ1v) is 6.44. The summed E-state index contributed by atoms with van der Waals surface area (Å²) < 4.78 is 10.1. The van der Waals surface area contributed by atoms with Gasteiger partial charge in [-0.25, -0.2) is 9.78 Å². The molecule has 2 heterocycles. The number of carbonyl (C=O) groups is 2. The molecule has 1 fully saturated rings. The molecule has 0 saturated carbocycles. The van der Waals surface area contributed by atoms with E-state index in [1.54, 1.807) is 18.3 Å². The fourth-order valence-corrected chi connectivity index (χ4v) is 2.01. The summed E-state index contributed by atoms with van der Waals surface area (Å²) in [7, 11) is 1.51. The third-order valence-corrected chi connectivity index (χ3v) is 3.18. The smallest absolute Gasteiger partial charge is 0.315 e. The molecule has 0 spiro atoms. The summed E-state index contributed by atoms with van der Waals surface area (Å²) in [4.78, 5) is 26.7. The number of ether oxygens (including phenoxy) is 2. The van der Waals surface area contributed by atoms with E-state index in [9.17, 15) is 9.59 Å². The van der Waals surface area contributed by atoms with Crippen molar-refractivity contribution in [3.63, 3.8) is 0 Å². The Morgan fingerprint density at radius 1 is 1.52 bits per heavy atom. The zero-order valence-electron chi connectivity index (χ0n) is 11.5. The number of aliphatic carboxylic acids is 1. The van der Waals surface area contributed by atoms with Gasteiger partial charge >= 0.3 is 12.0 Å². The van der Waals surface area contributed by atoms with Crippen LogP contribution in [0.1, 0.15) is 5.56 Å². The van der Waals surface area contributed by atoms with Crippen LogP contribution >= 0.6 is 0 Å². The van der Waals surface area contributed by atoms with Crippen LogP contribution in [0.4, 0.5) is 4.79 Å². The van der Waals surface area contributed by atoms with Crippen LogP contribution in [0, 0.1) is 5.92 Å². The molecule has 2 unspecified atom stereocenters. The Morgan fingerprint density at radius 2 is 2.33 bits per heavy atom. The molecule has 114 valence electrons. The fraction of sp³-hybridized carbons (Fsp3) is 0.462. The van der Waals surface area contributed by atoms with Crippen molar-refractivity contribution in [1.29, 1.82) is 0 Å². The van der Waals surface area contributed by atoms with Gasteiger partial charge in [0.2, 0.25) is 5.88 Å². The van der Waals surface area contributed by atoms with Gasteiger partial charge in [-0.15, -0.1) is 0 Å². The van der Waals surface area contributed by atoms with Crippen molar-refractivity contribution < 1.29 is 24.2 Å². The quantitative estimate of drug-likeness (QED) is 0.704. The van der Waals surface area contributed by atoms with Crippen LogP contribution in [-0.2, 0) is 16.1 Å². The molecule has 1 aromatic rings. The first-order valence-electron chi connectivity index (χ1n) is 6.44. The van der Waals surface area contributed by atoms with Gasteiger partial charge in [0.1, 0.15) is 5.92 Å².